The lowest BCUT2D eigenvalue weighted by Gasteiger charge is -2.22. The predicted molar refractivity (Wildman–Crippen MR) is 148 cm³/mol. The van der Waals surface area contributed by atoms with Crippen LogP contribution in [0, 0.1) is 0 Å². The molecule has 1 aliphatic heterocycles. The molecular formula is C28H22ClN3O3S2. The number of ketones is 1. The first kappa shape index (κ1) is 25.2. The van der Waals surface area contributed by atoms with Crippen molar-refractivity contribution < 1.29 is 14.7 Å². The highest BCUT2D eigenvalue weighted by atomic mass is 35.5. The third-order valence-corrected chi connectivity index (χ3v) is 8.45. The van der Waals surface area contributed by atoms with Gasteiger partial charge in [0.15, 0.2) is 4.34 Å². The Morgan fingerprint density at radius 1 is 0.973 bits per heavy atom. The van der Waals surface area contributed by atoms with Crippen molar-refractivity contribution in [2.75, 3.05) is 4.90 Å². The molecule has 1 unspecified atom stereocenters. The van der Waals surface area contributed by atoms with Crippen molar-refractivity contribution in [3.8, 4) is 0 Å². The monoisotopic (exact) mass is 547 g/mol. The van der Waals surface area contributed by atoms with E-state index in [1.54, 1.807) is 24.3 Å². The highest BCUT2D eigenvalue weighted by Crippen LogP contribution is 2.44. The molecule has 1 aliphatic rings. The molecule has 9 heteroatoms. The fourth-order valence-corrected chi connectivity index (χ4v) is 6.07. The minimum Gasteiger partial charge on any atom is -0.507 e. The van der Waals surface area contributed by atoms with Gasteiger partial charge in [0.2, 0.25) is 5.13 Å². The summed E-state index contributed by atoms with van der Waals surface area (Å²) in [5.41, 5.74) is 3.41. The van der Waals surface area contributed by atoms with E-state index in [0.717, 1.165) is 17.5 Å². The number of aliphatic hydroxyl groups is 1. The van der Waals surface area contributed by atoms with Crippen LogP contribution in [-0.4, -0.2) is 27.0 Å². The summed E-state index contributed by atoms with van der Waals surface area (Å²) in [6.07, 6.45) is 0.856. The number of hydrogen-bond acceptors (Lipinski definition) is 7. The number of carbonyl (C=O) groups excluding carboxylic acids is 2. The Morgan fingerprint density at radius 2 is 1.65 bits per heavy atom. The van der Waals surface area contributed by atoms with Gasteiger partial charge in [0.05, 0.1) is 11.6 Å². The van der Waals surface area contributed by atoms with E-state index in [-0.39, 0.29) is 11.3 Å². The van der Waals surface area contributed by atoms with Crippen LogP contribution in [0.5, 0.6) is 0 Å². The van der Waals surface area contributed by atoms with E-state index in [4.69, 9.17) is 11.6 Å². The molecule has 0 aliphatic carbocycles. The molecule has 1 amide bonds. The number of thioether (sulfide) groups is 1. The maximum atomic E-state index is 13.3. The van der Waals surface area contributed by atoms with Gasteiger partial charge in [-0.2, -0.15) is 0 Å². The standard InChI is InChI=1S/C28H22ClN3O3S2/c1-2-17-8-12-19(13-9-17)23-22(24(33)20-6-4-3-5-7-20)25(34)26(35)32(23)27-30-31-28(37-27)36-16-18-10-14-21(29)15-11-18/h3-15,23,33H,2,16H2,1H3/b24-22-. The number of aromatic nitrogens is 2. The highest BCUT2D eigenvalue weighted by molar-refractivity contribution is 8.00. The van der Waals surface area contributed by atoms with Gasteiger partial charge in [0.1, 0.15) is 5.76 Å². The zero-order valence-electron chi connectivity index (χ0n) is 19.8. The number of Topliss-reactive ketones (excluding diaryl/α,β-unsaturated/α-hetero) is 1. The van der Waals surface area contributed by atoms with Gasteiger partial charge >= 0.3 is 5.91 Å². The number of benzene rings is 3. The molecule has 1 aromatic heterocycles. The fourth-order valence-electron chi connectivity index (χ4n) is 4.12. The fraction of sp³-hybridized carbons (Fsp3) is 0.143. The number of rotatable bonds is 7. The van der Waals surface area contributed by atoms with Crippen LogP contribution in [0.3, 0.4) is 0 Å². The van der Waals surface area contributed by atoms with E-state index in [2.05, 4.69) is 17.1 Å². The number of halogens is 1. The van der Waals surface area contributed by atoms with Gasteiger partial charge in [-0.05, 0) is 35.2 Å². The third-order valence-electron chi connectivity index (χ3n) is 6.07. The van der Waals surface area contributed by atoms with Crippen molar-refractivity contribution in [3.63, 3.8) is 0 Å². The first-order chi connectivity index (χ1) is 18.0. The van der Waals surface area contributed by atoms with E-state index < -0.39 is 17.7 Å². The normalized spacial score (nSPS) is 16.9. The molecule has 1 atom stereocenters. The van der Waals surface area contributed by atoms with Crippen molar-refractivity contribution in [1.82, 2.24) is 10.2 Å². The first-order valence-electron chi connectivity index (χ1n) is 11.6. The van der Waals surface area contributed by atoms with Gasteiger partial charge in [-0.3, -0.25) is 14.5 Å². The lowest BCUT2D eigenvalue weighted by atomic mass is 9.94. The van der Waals surface area contributed by atoms with Crippen molar-refractivity contribution in [1.29, 1.82) is 0 Å². The molecule has 6 nitrogen and oxygen atoms in total. The second-order valence-corrected chi connectivity index (χ2v) is 11.0. The van der Waals surface area contributed by atoms with Crippen molar-refractivity contribution in [2.24, 2.45) is 0 Å². The van der Waals surface area contributed by atoms with Gasteiger partial charge in [-0.25, -0.2) is 0 Å². The SMILES string of the molecule is CCc1ccc(C2/C(=C(/O)c3ccccc3)C(=O)C(=O)N2c2nnc(SCc3ccc(Cl)cc3)s2)cc1. The molecule has 4 aromatic rings. The zero-order chi connectivity index (χ0) is 25.9. The molecule has 1 saturated heterocycles. The van der Waals surface area contributed by atoms with Crippen molar-refractivity contribution in [2.45, 2.75) is 29.5 Å². The van der Waals surface area contributed by atoms with E-state index in [9.17, 15) is 14.7 Å². The summed E-state index contributed by atoms with van der Waals surface area (Å²) in [4.78, 5) is 28.0. The van der Waals surface area contributed by atoms with Gasteiger partial charge < -0.3 is 5.11 Å². The largest absolute Gasteiger partial charge is 0.507 e. The Labute approximate surface area is 227 Å². The van der Waals surface area contributed by atoms with Crippen LogP contribution in [0.1, 0.15) is 35.2 Å². The molecule has 0 bridgehead atoms. The van der Waals surface area contributed by atoms with Crippen molar-refractivity contribution in [3.05, 3.63) is 112 Å². The second-order valence-electron chi connectivity index (χ2n) is 8.40. The zero-order valence-corrected chi connectivity index (χ0v) is 22.2. The lowest BCUT2D eigenvalue weighted by Crippen LogP contribution is -2.29. The number of nitrogens with zero attached hydrogens (tertiary/aromatic N) is 3. The number of amides is 1. The Kier molecular flexibility index (Phi) is 7.41. The molecule has 186 valence electrons. The molecule has 1 N–H and O–H groups in total. The molecule has 1 fully saturated rings. The van der Waals surface area contributed by atoms with Gasteiger partial charge in [0.25, 0.3) is 5.78 Å². The van der Waals surface area contributed by atoms with Crippen LogP contribution >= 0.6 is 34.7 Å². The van der Waals surface area contributed by atoms with Gasteiger partial charge in [-0.1, -0.05) is 108 Å². The van der Waals surface area contributed by atoms with Crippen molar-refractivity contribution >= 4 is 57.3 Å². The third kappa shape index (κ3) is 5.18. The van der Waals surface area contributed by atoms with Crippen LogP contribution in [-0.2, 0) is 21.8 Å². The predicted octanol–water partition coefficient (Wildman–Crippen LogP) is 6.67. The quantitative estimate of drug-likeness (QED) is 0.0914. The number of aliphatic hydroxyl groups excluding tert-OH is 1. The molecule has 0 saturated carbocycles. The number of anilines is 1. The summed E-state index contributed by atoms with van der Waals surface area (Å²) in [5.74, 6) is -1.06. The molecule has 3 aromatic carbocycles. The number of aryl methyl sites for hydroxylation is 1. The first-order valence-corrected chi connectivity index (χ1v) is 13.8. The van der Waals surface area contributed by atoms with E-state index in [1.165, 1.54) is 28.0 Å². The van der Waals surface area contributed by atoms with Crippen LogP contribution in [0.2, 0.25) is 5.02 Å². The molecule has 0 radical (unpaired) electrons. The van der Waals surface area contributed by atoms with E-state index in [1.807, 2.05) is 54.6 Å². The maximum Gasteiger partial charge on any atom is 0.301 e. The Balaban J connectivity index is 1.52. The van der Waals surface area contributed by atoms with Crippen LogP contribution in [0.15, 0.2) is 88.8 Å². The number of carbonyl (C=O) groups is 2. The summed E-state index contributed by atoms with van der Waals surface area (Å²) in [6, 6.07) is 23.2. The average Bonchev–Trinajstić information content (AvgIpc) is 3.50. The smallest absolute Gasteiger partial charge is 0.301 e. The molecular weight excluding hydrogens is 526 g/mol. The Bertz CT molecular complexity index is 1470. The van der Waals surface area contributed by atoms with Crippen LogP contribution in [0.25, 0.3) is 5.76 Å². The average molecular weight is 548 g/mol. The van der Waals surface area contributed by atoms with E-state index in [0.29, 0.717) is 31.4 Å². The maximum absolute atomic E-state index is 13.3. The highest BCUT2D eigenvalue weighted by Gasteiger charge is 2.48. The van der Waals surface area contributed by atoms with Crippen LogP contribution in [0.4, 0.5) is 5.13 Å². The summed E-state index contributed by atoms with van der Waals surface area (Å²) >= 11 is 8.69. The Hall–Kier alpha value is -3.46. The molecule has 5 rings (SSSR count). The lowest BCUT2D eigenvalue weighted by molar-refractivity contribution is -0.132. The summed E-state index contributed by atoms with van der Waals surface area (Å²) in [5, 5.41) is 20.7. The summed E-state index contributed by atoms with van der Waals surface area (Å²) < 4.78 is 0.662. The minimum atomic E-state index is -0.826. The molecule has 0 spiro atoms. The van der Waals surface area contributed by atoms with Crippen LogP contribution < -0.4 is 4.90 Å². The number of hydrogen-bond donors (Lipinski definition) is 1. The molecule has 2 heterocycles. The topological polar surface area (TPSA) is 83.4 Å². The summed E-state index contributed by atoms with van der Waals surface area (Å²) in [6.45, 7) is 2.06. The Morgan fingerprint density at radius 3 is 2.32 bits per heavy atom. The summed E-state index contributed by atoms with van der Waals surface area (Å²) in [7, 11) is 0. The molecule has 37 heavy (non-hydrogen) atoms. The minimum absolute atomic E-state index is 0.0333. The van der Waals surface area contributed by atoms with Gasteiger partial charge in [-0.15, -0.1) is 10.2 Å². The van der Waals surface area contributed by atoms with Gasteiger partial charge in [0, 0.05) is 16.3 Å². The second kappa shape index (κ2) is 10.9. The van der Waals surface area contributed by atoms with E-state index >= 15 is 0 Å².